The highest BCUT2D eigenvalue weighted by molar-refractivity contribution is 5.76. The zero-order valence-electron chi connectivity index (χ0n) is 13.0. The van der Waals surface area contributed by atoms with Crippen molar-refractivity contribution in [1.29, 1.82) is 0 Å². The number of carbonyl (C=O) groups excluding carboxylic acids is 1. The van der Waals surface area contributed by atoms with Gasteiger partial charge in [-0.2, -0.15) is 0 Å². The summed E-state index contributed by atoms with van der Waals surface area (Å²) in [5.41, 5.74) is 0.0363. The molecule has 22 heavy (non-hydrogen) atoms. The normalized spacial score (nSPS) is 17.2. The maximum absolute atomic E-state index is 13.5. The molecule has 1 heterocycles. The van der Waals surface area contributed by atoms with Gasteiger partial charge >= 0.3 is 0 Å². The van der Waals surface area contributed by atoms with Crippen LogP contribution in [0.4, 0.5) is 8.78 Å². The lowest BCUT2D eigenvalue weighted by molar-refractivity contribution is -0.122. The minimum atomic E-state index is -0.558. The van der Waals surface area contributed by atoms with E-state index in [1.807, 2.05) is 0 Å². The van der Waals surface area contributed by atoms with Gasteiger partial charge in [-0.15, -0.1) is 0 Å². The fraction of sp³-hybridized carbons (Fsp3) is 0.588. The molecule has 3 nitrogen and oxygen atoms in total. The van der Waals surface area contributed by atoms with Crippen LogP contribution in [-0.2, 0) is 11.2 Å². The third-order valence-electron chi connectivity index (χ3n) is 4.45. The maximum Gasteiger partial charge on any atom is 0.220 e. The van der Waals surface area contributed by atoms with Crippen LogP contribution in [0.25, 0.3) is 0 Å². The number of rotatable bonds is 6. The third kappa shape index (κ3) is 4.77. The van der Waals surface area contributed by atoms with Crippen molar-refractivity contribution in [2.75, 3.05) is 19.6 Å². The second kappa shape index (κ2) is 8.22. The van der Waals surface area contributed by atoms with Crippen LogP contribution in [0.5, 0.6) is 0 Å². The molecule has 0 radical (unpaired) electrons. The van der Waals surface area contributed by atoms with Gasteiger partial charge in [-0.25, -0.2) is 8.78 Å². The number of carbonyl (C=O) groups is 1. The summed E-state index contributed by atoms with van der Waals surface area (Å²) in [7, 11) is 0. The van der Waals surface area contributed by atoms with E-state index in [0.29, 0.717) is 18.3 Å². The Morgan fingerprint density at radius 2 is 1.95 bits per heavy atom. The number of amides is 1. The summed E-state index contributed by atoms with van der Waals surface area (Å²) in [5.74, 6) is -0.235. The molecule has 1 saturated heterocycles. The summed E-state index contributed by atoms with van der Waals surface area (Å²) < 4.78 is 26.9. The van der Waals surface area contributed by atoms with Crippen molar-refractivity contribution in [1.82, 2.24) is 10.6 Å². The Bertz CT molecular complexity index is 481. The number of benzene rings is 1. The Labute approximate surface area is 130 Å². The maximum atomic E-state index is 13.5. The van der Waals surface area contributed by atoms with Crippen LogP contribution in [0.3, 0.4) is 0 Å². The number of nitrogens with one attached hydrogen (secondary N) is 2. The summed E-state index contributed by atoms with van der Waals surface area (Å²) in [6, 6.07) is 3.81. The number of piperidine rings is 1. The fourth-order valence-corrected chi connectivity index (χ4v) is 3.04. The third-order valence-corrected chi connectivity index (χ3v) is 4.45. The molecule has 1 aliphatic heterocycles. The van der Waals surface area contributed by atoms with Crippen LogP contribution < -0.4 is 10.6 Å². The van der Waals surface area contributed by atoms with Gasteiger partial charge in [0.15, 0.2) is 0 Å². The lowest BCUT2D eigenvalue weighted by Gasteiger charge is -2.27. The monoisotopic (exact) mass is 310 g/mol. The Morgan fingerprint density at radius 3 is 2.59 bits per heavy atom. The molecule has 2 N–H and O–H groups in total. The van der Waals surface area contributed by atoms with Gasteiger partial charge in [-0.1, -0.05) is 13.0 Å². The van der Waals surface area contributed by atoms with E-state index in [0.717, 1.165) is 25.9 Å². The highest BCUT2D eigenvalue weighted by Gasteiger charge is 2.21. The van der Waals surface area contributed by atoms with Crippen molar-refractivity contribution in [3.8, 4) is 0 Å². The zero-order valence-corrected chi connectivity index (χ0v) is 13.0. The Morgan fingerprint density at radius 1 is 1.32 bits per heavy atom. The smallest absolute Gasteiger partial charge is 0.220 e. The van der Waals surface area contributed by atoms with Crippen molar-refractivity contribution >= 4 is 5.91 Å². The van der Waals surface area contributed by atoms with Crippen LogP contribution in [0.2, 0.25) is 0 Å². The van der Waals surface area contributed by atoms with Gasteiger partial charge in [0.2, 0.25) is 5.91 Å². The average molecular weight is 310 g/mol. The van der Waals surface area contributed by atoms with E-state index in [2.05, 4.69) is 17.6 Å². The largest absolute Gasteiger partial charge is 0.356 e. The highest BCUT2D eigenvalue weighted by Crippen LogP contribution is 2.24. The van der Waals surface area contributed by atoms with Crippen molar-refractivity contribution < 1.29 is 13.6 Å². The molecule has 0 aromatic heterocycles. The van der Waals surface area contributed by atoms with Gasteiger partial charge in [0.05, 0.1) is 0 Å². The Hall–Kier alpha value is -1.49. The van der Waals surface area contributed by atoms with Gasteiger partial charge in [0.1, 0.15) is 11.6 Å². The molecule has 122 valence electrons. The summed E-state index contributed by atoms with van der Waals surface area (Å²) in [5, 5.41) is 6.08. The van der Waals surface area contributed by atoms with E-state index in [-0.39, 0.29) is 24.4 Å². The summed E-state index contributed by atoms with van der Waals surface area (Å²) in [6.07, 6.45) is 2.86. The molecule has 1 atom stereocenters. The lowest BCUT2D eigenvalue weighted by atomic mass is 9.84. The summed E-state index contributed by atoms with van der Waals surface area (Å²) >= 11 is 0. The van der Waals surface area contributed by atoms with Crippen LogP contribution in [0.1, 0.15) is 31.7 Å². The molecule has 1 aliphatic rings. The molecule has 0 aliphatic carbocycles. The quantitative estimate of drug-likeness (QED) is 0.848. The SMILES string of the molecule is CC(CC(=O)NCCc1c(F)cccc1F)C1CCNCC1. The lowest BCUT2D eigenvalue weighted by Crippen LogP contribution is -2.34. The Kier molecular flexibility index (Phi) is 6.31. The van der Waals surface area contributed by atoms with Gasteiger partial charge in [0, 0.05) is 18.5 Å². The first-order chi connectivity index (χ1) is 10.6. The van der Waals surface area contributed by atoms with Crippen LogP contribution in [0.15, 0.2) is 18.2 Å². The van der Waals surface area contributed by atoms with E-state index in [1.165, 1.54) is 18.2 Å². The molecule has 0 spiro atoms. The predicted molar refractivity (Wildman–Crippen MR) is 82.4 cm³/mol. The average Bonchev–Trinajstić information content (AvgIpc) is 2.51. The van der Waals surface area contributed by atoms with Crippen LogP contribution >= 0.6 is 0 Å². The van der Waals surface area contributed by atoms with Gasteiger partial charge < -0.3 is 10.6 Å². The predicted octanol–water partition coefficient (Wildman–Crippen LogP) is 2.65. The first-order valence-electron chi connectivity index (χ1n) is 7.98. The molecule has 1 aromatic carbocycles. The second-order valence-corrected chi connectivity index (χ2v) is 6.07. The van der Waals surface area contributed by atoms with Crippen molar-refractivity contribution in [3.63, 3.8) is 0 Å². The van der Waals surface area contributed by atoms with Gasteiger partial charge in [-0.3, -0.25) is 4.79 Å². The van der Waals surface area contributed by atoms with Gasteiger partial charge in [-0.05, 0) is 56.3 Å². The van der Waals surface area contributed by atoms with Crippen LogP contribution in [-0.4, -0.2) is 25.5 Å². The van der Waals surface area contributed by atoms with Crippen molar-refractivity contribution in [3.05, 3.63) is 35.4 Å². The Balaban J connectivity index is 1.73. The molecular weight excluding hydrogens is 286 g/mol. The minimum absolute atomic E-state index is 0.0363. The molecule has 2 rings (SSSR count). The number of hydrogen-bond donors (Lipinski definition) is 2. The molecule has 0 bridgehead atoms. The standard InChI is InChI=1S/C17H24F2N2O/c1-12(13-5-8-20-9-6-13)11-17(22)21-10-7-14-15(18)3-2-4-16(14)19/h2-4,12-13,20H,5-11H2,1H3,(H,21,22). The number of halogens is 2. The van der Waals surface area contributed by atoms with E-state index < -0.39 is 11.6 Å². The zero-order chi connectivity index (χ0) is 15.9. The molecule has 1 amide bonds. The minimum Gasteiger partial charge on any atom is -0.356 e. The number of hydrogen-bond acceptors (Lipinski definition) is 2. The molecule has 0 saturated carbocycles. The topological polar surface area (TPSA) is 41.1 Å². The second-order valence-electron chi connectivity index (χ2n) is 6.07. The summed E-state index contributed by atoms with van der Waals surface area (Å²) in [6.45, 7) is 4.40. The van der Waals surface area contributed by atoms with E-state index in [4.69, 9.17) is 0 Å². The van der Waals surface area contributed by atoms with Crippen LogP contribution in [0, 0.1) is 23.5 Å². The molecule has 1 aromatic rings. The van der Waals surface area contributed by atoms with Gasteiger partial charge in [0.25, 0.3) is 0 Å². The van der Waals surface area contributed by atoms with E-state index in [1.54, 1.807) is 0 Å². The van der Waals surface area contributed by atoms with E-state index in [9.17, 15) is 13.6 Å². The molecule has 5 heteroatoms. The fourth-order valence-electron chi connectivity index (χ4n) is 3.04. The van der Waals surface area contributed by atoms with Crippen molar-refractivity contribution in [2.45, 2.75) is 32.6 Å². The first kappa shape index (κ1) is 16.9. The molecule has 1 unspecified atom stereocenters. The molecule has 1 fully saturated rings. The van der Waals surface area contributed by atoms with E-state index >= 15 is 0 Å². The molecular formula is C17H24F2N2O. The van der Waals surface area contributed by atoms with Crippen molar-refractivity contribution in [2.24, 2.45) is 11.8 Å². The summed E-state index contributed by atoms with van der Waals surface area (Å²) in [4.78, 5) is 11.9. The first-order valence-corrected chi connectivity index (χ1v) is 7.98. The highest BCUT2D eigenvalue weighted by atomic mass is 19.1.